The smallest absolute Gasteiger partial charge is 0.247 e. The Balaban J connectivity index is 1.51. The zero-order valence-corrected chi connectivity index (χ0v) is 15.1. The summed E-state index contributed by atoms with van der Waals surface area (Å²) >= 11 is 1.42. The molecule has 2 aromatic heterocycles. The number of thiazole rings is 1. The maximum atomic E-state index is 12.1. The van der Waals surface area contributed by atoms with Crippen LogP contribution in [-0.2, 0) is 9.59 Å². The Hall–Kier alpha value is -3.07. The number of nitrogens with zero attached hydrogens (tertiary/aromatic N) is 3. The zero-order valence-electron chi connectivity index (χ0n) is 14.3. The van der Waals surface area contributed by atoms with E-state index in [0.29, 0.717) is 22.3 Å². The first-order valence-electron chi connectivity index (χ1n) is 7.91. The molecule has 1 aromatic carbocycles. The van der Waals surface area contributed by atoms with Crippen molar-refractivity contribution in [1.29, 1.82) is 0 Å². The lowest BCUT2D eigenvalue weighted by Gasteiger charge is -2.06. The van der Waals surface area contributed by atoms with Gasteiger partial charge in [0.15, 0.2) is 5.13 Å². The van der Waals surface area contributed by atoms with Crippen molar-refractivity contribution in [3.05, 3.63) is 41.2 Å². The third-order valence-corrected chi connectivity index (χ3v) is 4.60. The van der Waals surface area contributed by atoms with Crippen LogP contribution in [0.25, 0.3) is 11.5 Å². The Kier molecular flexibility index (Phi) is 5.37. The summed E-state index contributed by atoms with van der Waals surface area (Å²) in [4.78, 5) is 29.3. The highest BCUT2D eigenvalue weighted by Gasteiger charge is 2.11. The standard InChI is InChI=1S/C17H17N5O3S/c1-10-11(2)26-17(19-10)21-15(24)7-6-14(23)20-13-5-3-4-12(8-13)16-22-18-9-25-16/h3-5,8-9H,6-7H2,1-2H3,(H,20,23)(H,19,21,24). The summed E-state index contributed by atoms with van der Waals surface area (Å²) in [6.45, 7) is 3.83. The third kappa shape index (κ3) is 4.51. The number of rotatable bonds is 6. The minimum absolute atomic E-state index is 0.0694. The molecule has 0 spiro atoms. The first kappa shape index (κ1) is 17.7. The van der Waals surface area contributed by atoms with Gasteiger partial charge in [0.1, 0.15) is 0 Å². The molecular weight excluding hydrogens is 354 g/mol. The van der Waals surface area contributed by atoms with E-state index >= 15 is 0 Å². The van der Waals surface area contributed by atoms with Gasteiger partial charge in [-0.3, -0.25) is 9.59 Å². The quantitative estimate of drug-likeness (QED) is 0.689. The summed E-state index contributed by atoms with van der Waals surface area (Å²) in [5, 5.41) is 13.5. The van der Waals surface area contributed by atoms with Gasteiger partial charge in [0, 0.05) is 29.0 Å². The average molecular weight is 371 g/mol. The molecule has 26 heavy (non-hydrogen) atoms. The molecular formula is C17H17N5O3S. The maximum absolute atomic E-state index is 12.1. The lowest BCUT2D eigenvalue weighted by atomic mass is 10.2. The Morgan fingerprint density at radius 3 is 2.58 bits per heavy atom. The van der Waals surface area contributed by atoms with E-state index in [1.807, 2.05) is 13.8 Å². The third-order valence-electron chi connectivity index (χ3n) is 3.61. The van der Waals surface area contributed by atoms with E-state index in [-0.39, 0.29) is 24.7 Å². The van der Waals surface area contributed by atoms with Crippen molar-refractivity contribution in [1.82, 2.24) is 15.2 Å². The lowest BCUT2D eigenvalue weighted by Crippen LogP contribution is -2.17. The van der Waals surface area contributed by atoms with E-state index < -0.39 is 0 Å². The summed E-state index contributed by atoms with van der Waals surface area (Å²) in [5.41, 5.74) is 2.19. The molecule has 0 bridgehead atoms. The number of hydrogen-bond donors (Lipinski definition) is 2. The normalized spacial score (nSPS) is 10.5. The molecule has 134 valence electrons. The second-order valence-corrected chi connectivity index (χ2v) is 6.78. The molecule has 2 heterocycles. The molecule has 9 heteroatoms. The highest BCUT2D eigenvalue weighted by atomic mass is 32.1. The number of carbonyl (C=O) groups excluding carboxylic acids is 2. The largest absolute Gasteiger partial charge is 0.423 e. The Morgan fingerprint density at radius 2 is 1.92 bits per heavy atom. The van der Waals surface area contributed by atoms with E-state index in [0.717, 1.165) is 10.6 Å². The molecule has 0 saturated heterocycles. The number of aromatic nitrogens is 3. The number of hydrogen-bond acceptors (Lipinski definition) is 7. The monoisotopic (exact) mass is 371 g/mol. The molecule has 2 N–H and O–H groups in total. The van der Waals surface area contributed by atoms with Gasteiger partial charge in [-0.1, -0.05) is 6.07 Å². The van der Waals surface area contributed by atoms with E-state index in [4.69, 9.17) is 4.42 Å². The van der Waals surface area contributed by atoms with Crippen LogP contribution in [0.2, 0.25) is 0 Å². The Labute approximate surface area is 153 Å². The fourth-order valence-corrected chi connectivity index (χ4v) is 3.02. The predicted octanol–water partition coefficient (Wildman–Crippen LogP) is 3.17. The van der Waals surface area contributed by atoms with Crippen molar-refractivity contribution < 1.29 is 14.0 Å². The minimum atomic E-state index is -0.255. The number of nitrogens with one attached hydrogen (secondary N) is 2. The van der Waals surface area contributed by atoms with Gasteiger partial charge < -0.3 is 15.1 Å². The van der Waals surface area contributed by atoms with Gasteiger partial charge in [-0.25, -0.2) is 4.98 Å². The second kappa shape index (κ2) is 7.87. The molecule has 3 aromatic rings. The van der Waals surface area contributed by atoms with Crippen molar-refractivity contribution in [2.75, 3.05) is 10.6 Å². The van der Waals surface area contributed by atoms with Crippen LogP contribution >= 0.6 is 11.3 Å². The van der Waals surface area contributed by atoms with Gasteiger partial charge in [0.25, 0.3) is 0 Å². The van der Waals surface area contributed by atoms with E-state index in [2.05, 4.69) is 25.8 Å². The molecule has 0 aliphatic heterocycles. The highest BCUT2D eigenvalue weighted by Crippen LogP contribution is 2.22. The van der Waals surface area contributed by atoms with Crippen molar-refractivity contribution in [2.24, 2.45) is 0 Å². The lowest BCUT2D eigenvalue weighted by molar-refractivity contribution is -0.121. The summed E-state index contributed by atoms with van der Waals surface area (Å²) in [6.07, 6.45) is 1.39. The molecule has 0 aliphatic carbocycles. The SMILES string of the molecule is Cc1nc(NC(=O)CCC(=O)Nc2cccc(-c3nnco3)c2)sc1C. The summed E-state index contributed by atoms with van der Waals surface area (Å²) in [5.74, 6) is -0.127. The molecule has 0 aliphatic rings. The molecule has 3 rings (SSSR count). The first-order chi connectivity index (χ1) is 12.5. The highest BCUT2D eigenvalue weighted by molar-refractivity contribution is 7.15. The Bertz CT molecular complexity index is 901. The van der Waals surface area contributed by atoms with Gasteiger partial charge >= 0.3 is 0 Å². The number of aryl methyl sites for hydroxylation is 2. The summed E-state index contributed by atoms with van der Waals surface area (Å²) < 4.78 is 5.13. The number of carbonyl (C=O) groups is 2. The van der Waals surface area contributed by atoms with Crippen LogP contribution < -0.4 is 10.6 Å². The van der Waals surface area contributed by atoms with Crippen LogP contribution in [0.15, 0.2) is 35.1 Å². The van der Waals surface area contributed by atoms with Crippen molar-refractivity contribution in [3.8, 4) is 11.5 Å². The number of benzene rings is 1. The molecule has 0 atom stereocenters. The maximum Gasteiger partial charge on any atom is 0.247 e. The zero-order chi connectivity index (χ0) is 18.5. The van der Waals surface area contributed by atoms with Gasteiger partial charge in [0.05, 0.1) is 5.69 Å². The van der Waals surface area contributed by atoms with Crippen molar-refractivity contribution >= 4 is 34.0 Å². The van der Waals surface area contributed by atoms with Crippen molar-refractivity contribution in [3.63, 3.8) is 0 Å². The molecule has 8 nitrogen and oxygen atoms in total. The van der Waals surface area contributed by atoms with E-state index in [9.17, 15) is 9.59 Å². The minimum Gasteiger partial charge on any atom is -0.423 e. The fourth-order valence-electron chi connectivity index (χ4n) is 2.19. The van der Waals surface area contributed by atoms with Gasteiger partial charge in [-0.15, -0.1) is 21.5 Å². The summed E-state index contributed by atoms with van der Waals surface area (Å²) in [7, 11) is 0. The number of anilines is 2. The van der Waals surface area contributed by atoms with Crippen LogP contribution in [0.1, 0.15) is 23.4 Å². The van der Waals surface area contributed by atoms with Gasteiger partial charge in [-0.05, 0) is 32.0 Å². The van der Waals surface area contributed by atoms with Crippen LogP contribution in [0.5, 0.6) is 0 Å². The number of amides is 2. The van der Waals surface area contributed by atoms with Crippen LogP contribution in [0.3, 0.4) is 0 Å². The predicted molar refractivity (Wildman–Crippen MR) is 97.8 cm³/mol. The topological polar surface area (TPSA) is 110 Å². The first-order valence-corrected chi connectivity index (χ1v) is 8.73. The fraction of sp³-hybridized carbons (Fsp3) is 0.235. The average Bonchev–Trinajstić information content (AvgIpc) is 3.24. The van der Waals surface area contributed by atoms with Crippen LogP contribution in [0.4, 0.5) is 10.8 Å². The van der Waals surface area contributed by atoms with E-state index in [1.54, 1.807) is 24.3 Å². The van der Waals surface area contributed by atoms with Crippen LogP contribution in [-0.4, -0.2) is 27.0 Å². The molecule has 0 saturated carbocycles. The summed E-state index contributed by atoms with van der Waals surface area (Å²) in [6, 6.07) is 7.05. The van der Waals surface area contributed by atoms with Gasteiger partial charge in [0.2, 0.25) is 24.1 Å². The molecule has 2 amide bonds. The van der Waals surface area contributed by atoms with Crippen LogP contribution in [0, 0.1) is 13.8 Å². The second-order valence-electron chi connectivity index (χ2n) is 5.58. The van der Waals surface area contributed by atoms with Gasteiger partial charge in [-0.2, -0.15) is 0 Å². The molecule has 0 fully saturated rings. The molecule has 0 radical (unpaired) electrons. The molecule has 0 unspecified atom stereocenters. The van der Waals surface area contributed by atoms with E-state index in [1.165, 1.54) is 17.7 Å². The Morgan fingerprint density at radius 1 is 1.15 bits per heavy atom. The van der Waals surface area contributed by atoms with Crippen molar-refractivity contribution in [2.45, 2.75) is 26.7 Å².